The minimum atomic E-state index is -0.331. The van der Waals surface area contributed by atoms with Gasteiger partial charge in [-0.15, -0.1) is 0 Å². The summed E-state index contributed by atoms with van der Waals surface area (Å²) in [5.41, 5.74) is 1.35. The number of aromatic nitrogens is 2. The van der Waals surface area contributed by atoms with Gasteiger partial charge < -0.3 is 14.3 Å². The van der Waals surface area contributed by atoms with Crippen LogP contribution in [0.3, 0.4) is 0 Å². The van der Waals surface area contributed by atoms with Crippen molar-refractivity contribution in [3.63, 3.8) is 0 Å². The van der Waals surface area contributed by atoms with Crippen LogP contribution < -0.4 is 5.32 Å². The molecule has 2 heterocycles. The van der Waals surface area contributed by atoms with Crippen molar-refractivity contribution in [3.05, 3.63) is 57.7 Å². The summed E-state index contributed by atoms with van der Waals surface area (Å²) in [6.45, 7) is 1.81. The predicted octanol–water partition coefficient (Wildman–Crippen LogP) is 5.14. The summed E-state index contributed by atoms with van der Waals surface area (Å²) >= 11 is 10.8. The fraction of sp³-hybridized carbons (Fsp3) is 0.125. The minimum absolute atomic E-state index is 0.259. The number of benzene rings is 1. The second-order valence-corrected chi connectivity index (χ2v) is 7.31. The van der Waals surface area contributed by atoms with Crippen LogP contribution in [0.25, 0.3) is 0 Å². The molecule has 5 nitrogen and oxygen atoms in total. The monoisotopic (exact) mass is 425 g/mol. The van der Waals surface area contributed by atoms with Gasteiger partial charge in [0.15, 0.2) is 15.6 Å². The summed E-state index contributed by atoms with van der Waals surface area (Å²) in [7, 11) is 1.91. The lowest BCUT2D eigenvalue weighted by atomic mass is 10.2. The molecule has 24 heavy (non-hydrogen) atoms. The van der Waals surface area contributed by atoms with Gasteiger partial charge in [0.1, 0.15) is 0 Å². The summed E-state index contributed by atoms with van der Waals surface area (Å²) in [6, 6.07) is 7.08. The molecule has 124 valence electrons. The van der Waals surface area contributed by atoms with E-state index in [9.17, 15) is 4.79 Å². The van der Waals surface area contributed by atoms with E-state index in [0.717, 1.165) is 15.6 Å². The Morgan fingerprint density at radius 3 is 2.83 bits per heavy atom. The van der Waals surface area contributed by atoms with Gasteiger partial charge in [0.05, 0.1) is 5.69 Å². The lowest BCUT2D eigenvalue weighted by Gasteiger charge is -2.11. The highest BCUT2D eigenvalue weighted by Gasteiger charge is 2.17. The van der Waals surface area contributed by atoms with E-state index in [1.165, 1.54) is 11.8 Å². The second-order valence-electron chi connectivity index (χ2n) is 5.08. The van der Waals surface area contributed by atoms with E-state index in [-0.39, 0.29) is 11.7 Å². The highest BCUT2D eigenvalue weighted by Crippen LogP contribution is 2.34. The van der Waals surface area contributed by atoms with E-state index in [4.69, 9.17) is 16.0 Å². The van der Waals surface area contributed by atoms with E-state index >= 15 is 0 Å². The molecule has 0 radical (unpaired) electrons. The van der Waals surface area contributed by atoms with E-state index < -0.39 is 0 Å². The molecule has 0 saturated carbocycles. The van der Waals surface area contributed by atoms with E-state index in [2.05, 4.69) is 26.2 Å². The number of hydrogen-bond acceptors (Lipinski definition) is 4. The third kappa shape index (κ3) is 3.68. The van der Waals surface area contributed by atoms with E-state index in [1.54, 1.807) is 24.4 Å². The number of aryl methyl sites for hydroxylation is 2. The fourth-order valence-corrected chi connectivity index (χ4v) is 3.63. The maximum atomic E-state index is 12.5. The molecule has 8 heteroatoms. The highest BCUT2D eigenvalue weighted by atomic mass is 79.9. The summed E-state index contributed by atoms with van der Waals surface area (Å²) in [5, 5.41) is 4.20. The topological polar surface area (TPSA) is 60.1 Å². The maximum Gasteiger partial charge on any atom is 0.291 e. The molecule has 2 aromatic heterocycles. The Labute approximate surface area is 156 Å². The lowest BCUT2D eigenvalue weighted by Crippen LogP contribution is -2.12. The quantitative estimate of drug-likeness (QED) is 0.627. The Bertz CT molecular complexity index is 907. The van der Waals surface area contributed by atoms with Gasteiger partial charge in [-0.05, 0) is 58.9 Å². The number of carbonyl (C=O) groups excluding carboxylic acids is 1. The Hall–Kier alpha value is -1.70. The SMILES string of the molecule is Cc1cc(Br)oc1C(=O)Nc1cc(Cl)ccc1Sc1nccn1C. The Morgan fingerprint density at radius 2 is 2.21 bits per heavy atom. The first-order valence-electron chi connectivity index (χ1n) is 6.96. The summed E-state index contributed by atoms with van der Waals surface area (Å²) in [4.78, 5) is 17.6. The Balaban J connectivity index is 1.89. The number of nitrogens with zero attached hydrogens (tertiary/aromatic N) is 2. The standard InChI is InChI=1S/C16H13BrClN3O2S/c1-9-7-13(17)23-14(9)15(22)20-11-8-10(18)3-4-12(11)24-16-19-5-6-21(16)2/h3-8H,1-2H3,(H,20,22). The van der Waals surface area contributed by atoms with Crippen molar-refractivity contribution in [1.29, 1.82) is 0 Å². The van der Waals surface area contributed by atoms with Crippen LogP contribution in [0.4, 0.5) is 5.69 Å². The van der Waals surface area contributed by atoms with Crippen LogP contribution >= 0.6 is 39.3 Å². The molecule has 0 unspecified atom stereocenters. The second kappa shape index (κ2) is 7.04. The molecule has 0 atom stereocenters. The summed E-state index contributed by atoms with van der Waals surface area (Å²) in [5.74, 6) is -0.0723. The van der Waals surface area contributed by atoms with Gasteiger partial charge in [0.2, 0.25) is 0 Å². The summed E-state index contributed by atoms with van der Waals surface area (Å²) in [6.07, 6.45) is 3.58. The van der Waals surface area contributed by atoms with Crippen molar-refractivity contribution in [2.45, 2.75) is 17.0 Å². The number of anilines is 1. The molecule has 0 aliphatic rings. The van der Waals surface area contributed by atoms with Gasteiger partial charge in [0.25, 0.3) is 5.91 Å². The highest BCUT2D eigenvalue weighted by molar-refractivity contribution is 9.10. The number of hydrogen-bond donors (Lipinski definition) is 1. The Kier molecular flexibility index (Phi) is 5.03. The molecule has 0 saturated heterocycles. The molecule has 1 amide bonds. The van der Waals surface area contributed by atoms with Crippen LogP contribution in [0.15, 0.2) is 55.8 Å². The predicted molar refractivity (Wildman–Crippen MR) is 97.9 cm³/mol. The molecule has 3 rings (SSSR count). The first kappa shape index (κ1) is 17.1. The van der Waals surface area contributed by atoms with Crippen LogP contribution in [0, 0.1) is 6.92 Å². The zero-order valence-corrected chi connectivity index (χ0v) is 16.0. The molecule has 0 aliphatic carbocycles. The van der Waals surface area contributed by atoms with Gasteiger partial charge in [-0.1, -0.05) is 11.6 Å². The number of furan rings is 1. The van der Waals surface area contributed by atoms with Crippen molar-refractivity contribution in [2.75, 3.05) is 5.32 Å². The molecule has 3 aromatic rings. The van der Waals surface area contributed by atoms with Crippen molar-refractivity contribution in [2.24, 2.45) is 7.05 Å². The fourth-order valence-electron chi connectivity index (χ4n) is 2.09. The average Bonchev–Trinajstić information content (AvgIpc) is 3.07. The van der Waals surface area contributed by atoms with Crippen molar-refractivity contribution in [3.8, 4) is 0 Å². The zero-order valence-electron chi connectivity index (χ0n) is 12.8. The number of nitrogens with one attached hydrogen (secondary N) is 1. The molecule has 1 aromatic carbocycles. The molecule has 0 fully saturated rings. The van der Waals surface area contributed by atoms with Crippen LogP contribution in [-0.4, -0.2) is 15.5 Å². The van der Waals surface area contributed by atoms with Crippen LogP contribution in [0.2, 0.25) is 5.02 Å². The Morgan fingerprint density at radius 1 is 1.42 bits per heavy atom. The first-order valence-corrected chi connectivity index (χ1v) is 8.95. The van der Waals surface area contributed by atoms with Crippen molar-refractivity contribution < 1.29 is 9.21 Å². The normalized spacial score (nSPS) is 10.8. The maximum absolute atomic E-state index is 12.5. The van der Waals surface area contributed by atoms with Gasteiger partial charge in [-0.3, -0.25) is 4.79 Å². The zero-order chi connectivity index (χ0) is 17.3. The number of imidazole rings is 1. The largest absolute Gasteiger partial charge is 0.444 e. The first-order chi connectivity index (χ1) is 11.4. The van der Waals surface area contributed by atoms with Crippen LogP contribution in [-0.2, 0) is 7.05 Å². The lowest BCUT2D eigenvalue weighted by molar-refractivity contribution is 0.0994. The molecule has 0 spiro atoms. The number of amides is 1. The van der Waals surface area contributed by atoms with Crippen LogP contribution in [0.1, 0.15) is 16.1 Å². The molecule has 1 N–H and O–H groups in total. The van der Waals surface area contributed by atoms with Crippen LogP contribution in [0.5, 0.6) is 0 Å². The number of carbonyl (C=O) groups is 1. The van der Waals surface area contributed by atoms with E-state index in [1.807, 2.05) is 30.8 Å². The van der Waals surface area contributed by atoms with Gasteiger partial charge in [-0.2, -0.15) is 0 Å². The molecular formula is C16H13BrClN3O2S. The molecular weight excluding hydrogens is 414 g/mol. The minimum Gasteiger partial charge on any atom is -0.444 e. The van der Waals surface area contributed by atoms with E-state index in [0.29, 0.717) is 15.4 Å². The average molecular weight is 427 g/mol. The smallest absolute Gasteiger partial charge is 0.291 e. The number of rotatable bonds is 4. The van der Waals surface area contributed by atoms with Gasteiger partial charge >= 0.3 is 0 Å². The molecule has 0 bridgehead atoms. The number of halogens is 2. The van der Waals surface area contributed by atoms with Gasteiger partial charge in [-0.25, -0.2) is 4.98 Å². The third-order valence-corrected chi connectivity index (χ3v) is 5.04. The van der Waals surface area contributed by atoms with Gasteiger partial charge in [0, 0.05) is 34.9 Å². The van der Waals surface area contributed by atoms with Crippen molar-refractivity contribution in [1.82, 2.24) is 9.55 Å². The third-order valence-electron chi connectivity index (χ3n) is 3.26. The summed E-state index contributed by atoms with van der Waals surface area (Å²) < 4.78 is 7.81. The molecule has 0 aliphatic heterocycles. The van der Waals surface area contributed by atoms with Crippen molar-refractivity contribution >= 4 is 50.9 Å².